The van der Waals surface area contributed by atoms with Gasteiger partial charge in [-0.3, -0.25) is 0 Å². The highest BCUT2D eigenvalue weighted by molar-refractivity contribution is 5.67. The number of piperidine rings is 1. The van der Waals surface area contributed by atoms with Crippen molar-refractivity contribution in [1.29, 1.82) is 0 Å². The molecule has 0 aromatic carbocycles. The highest BCUT2D eigenvalue weighted by Gasteiger charge is 2.36. The van der Waals surface area contributed by atoms with E-state index in [4.69, 9.17) is 4.74 Å². The van der Waals surface area contributed by atoms with Crippen molar-refractivity contribution < 1.29 is 18.3 Å². The third kappa shape index (κ3) is 4.74. The number of alkyl halides is 2. The van der Waals surface area contributed by atoms with Crippen molar-refractivity contribution in [2.75, 3.05) is 19.7 Å². The molecule has 6 heteroatoms. The minimum absolute atomic E-state index is 0.323. The Bertz CT molecular complexity index is 237. The maximum Gasteiger partial charge on any atom is 0.407 e. The second-order valence-electron chi connectivity index (χ2n) is 4.02. The van der Waals surface area contributed by atoms with Crippen LogP contribution in [0.3, 0.4) is 0 Å². The van der Waals surface area contributed by atoms with E-state index < -0.39 is 18.1 Å². The molecule has 1 amide bonds. The van der Waals surface area contributed by atoms with Crippen LogP contribution in [0.15, 0.2) is 0 Å². The Kier molecular flexibility index (Phi) is 4.92. The van der Waals surface area contributed by atoms with Crippen molar-refractivity contribution in [2.45, 2.75) is 38.2 Å². The van der Waals surface area contributed by atoms with Gasteiger partial charge in [-0.2, -0.15) is 0 Å². The molecule has 0 spiro atoms. The summed E-state index contributed by atoms with van der Waals surface area (Å²) in [6.45, 7) is 2.35. The van der Waals surface area contributed by atoms with Crippen molar-refractivity contribution in [3.63, 3.8) is 0 Å². The molecule has 94 valence electrons. The SMILES string of the molecule is CCCCOC(=O)NC1CNCC(F)(F)C1. The van der Waals surface area contributed by atoms with Crippen molar-refractivity contribution in [2.24, 2.45) is 0 Å². The van der Waals surface area contributed by atoms with Gasteiger partial charge < -0.3 is 15.4 Å². The fourth-order valence-electron chi connectivity index (χ4n) is 1.55. The predicted octanol–water partition coefficient (Wildman–Crippen LogP) is 1.51. The number of halogens is 2. The molecule has 0 saturated carbocycles. The van der Waals surface area contributed by atoms with Crippen LogP contribution in [0.5, 0.6) is 0 Å². The van der Waals surface area contributed by atoms with Gasteiger partial charge in [0.1, 0.15) is 0 Å². The number of carbonyl (C=O) groups is 1. The molecule has 1 heterocycles. The number of ether oxygens (including phenoxy) is 1. The second-order valence-corrected chi connectivity index (χ2v) is 4.02. The topological polar surface area (TPSA) is 50.4 Å². The molecule has 0 aliphatic carbocycles. The van der Waals surface area contributed by atoms with Crippen molar-refractivity contribution in [3.8, 4) is 0 Å². The van der Waals surface area contributed by atoms with Crippen LogP contribution in [0.1, 0.15) is 26.2 Å². The Morgan fingerprint density at radius 2 is 2.38 bits per heavy atom. The molecular formula is C10H18F2N2O2. The number of hydrogen-bond acceptors (Lipinski definition) is 3. The zero-order valence-electron chi connectivity index (χ0n) is 9.39. The molecule has 1 unspecified atom stereocenters. The van der Waals surface area contributed by atoms with E-state index in [0.29, 0.717) is 13.2 Å². The van der Waals surface area contributed by atoms with E-state index in [-0.39, 0.29) is 13.0 Å². The van der Waals surface area contributed by atoms with E-state index >= 15 is 0 Å². The standard InChI is InChI=1S/C10H18F2N2O2/c1-2-3-4-16-9(15)14-8-5-10(11,12)7-13-6-8/h8,13H,2-7H2,1H3,(H,14,15). The van der Waals surface area contributed by atoms with Gasteiger partial charge in [0.25, 0.3) is 5.92 Å². The molecular weight excluding hydrogens is 218 g/mol. The van der Waals surface area contributed by atoms with Gasteiger partial charge in [-0.1, -0.05) is 13.3 Å². The summed E-state index contributed by atoms with van der Waals surface area (Å²) in [6.07, 6.45) is 0.768. The van der Waals surface area contributed by atoms with Gasteiger partial charge >= 0.3 is 6.09 Å². The Morgan fingerprint density at radius 1 is 1.62 bits per heavy atom. The van der Waals surface area contributed by atoms with Crippen LogP contribution in [0.2, 0.25) is 0 Å². The van der Waals surface area contributed by atoms with Crippen LogP contribution >= 0.6 is 0 Å². The average Bonchev–Trinajstić information content (AvgIpc) is 2.16. The van der Waals surface area contributed by atoms with Crippen LogP contribution < -0.4 is 10.6 Å². The quantitative estimate of drug-likeness (QED) is 0.727. The molecule has 1 saturated heterocycles. The molecule has 0 aromatic rings. The number of hydrogen-bond donors (Lipinski definition) is 2. The van der Waals surface area contributed by atoms with Gasteiger partial charge in [0.05, 0.1) is 19.2 Å². The first-order chi connectivity index (χ1) is 7.53. The summed E-state index contributed by atoms with van der Waals surface area (Å²) < 4.78 is 30.7. The number of nitrogens with one attached hydrogen (secondary N) is 2. The normalized spacial score (nSPS) is 23.8. The number of rotatable bonds is 4. The van der Waals surface area contributed by atoms with Crippen LogP contribution in [-0.2, 0) is 4.74 Å². The van der Waals surface area contributed by atoms with Crippen molar-refractivity contribution in [3.05, 3.63) is 0 Å². The molecule has 1 atom stereocenters. The Balaban J connectivity index is 2.23. The molecule has 2 N–H and O–H groups in total. The van der Waals surface area contributed by atoms with E-state index in [9.17, 15) is 13.6 Å². The lowest BCUT2D eigenvalue weighted by Gasteiger charge is -2.29. The summed E-state index contributed by atoms with van der Waals surface area (Å²) in [7, 11) is 0. The Morgan fingerprint density at radius 3 is 3.00 bits per heavy atom. The third-order valence-electron chi connectivity index (χ3n) is 2.37. The maximum atomic E-state index is 13.0. The van der Waals surface area contributed by atoms with Gasteiger partial charge in [-0.15, -0.1) is 0 Å². The summed E-state index contributed by atoms with van der Waals surface area (Å²) in [5.41, 5.74) is 0. The minimum atomic E-state index is -2.75. The fourth-order valence-corrected chi connectivity index (χ4v) is 1.55. The van der Waals surface area contributed by atoms with Gasteiger partial charge in [-0.25, -0.2) is 13.6 Å². The fraction of sp³-hybridized carbons (Fsp3) is 0.900. The highest BCUT2D eigenvalue weighted by atomic mass is 19.3. The molecule has 0 aromatic heterocycles. The summed E-state index contributed by atoms with van der Waals surface area (Å²) in [4.78, 5) is 11.2. The molecule has 1 aliphatic heterocycles. The van der Waals surface area contributed by atoms with E-state index in [1.165, 1.54) is 0 Å². The van der Waals surface area contributed by atoms with Gasteiger partial charge in [0, 0.05) is 13.0 Å². The Hall–Kier alpha value is -0.910. The Labute approximate surface area is 93.7 Å². The summed E-state index contributed by atoms with van der Waals surface area (Å²) in [5, 5.41) is 5.01. The summed E-state index contributed by atoms with van der Waals surface area (Å²) >= 11 is 0. The molecule has 1 rings (SSSR count). The number of alkyl carbamates (subject to hydrolysis) is 1. The minimum Gasteiger partial charge on any atom is -0.450 e. The van der Waals surface area contributed by atoms with Crippen LogP contribution in [0, 0.1) is 0 Å². The molecule has 1 aliphatic rings. The van der Waals surface area contributed by atoms with Gasteiger partial charge in [-0.05, 0) is 6.42 Å². The molecule has 1 fully saturated rings. The lowest BCUT2D eigenvalue weighted by Crippen LogP contribution is -2.53. The first kappa shape index (κ1) is 13.2. The first-order valence-electron chi connectivity index (χ1n) is 5.55. The summed E-state index contributed by atoms with van der Waals surface area (Å²) in [5.74, 6) is -2.75. The maximum absolute atomic E-state index is 13.0. The zero-order chi connectivity index (χ0) is 12.0. The number of amides is 1. The lowest BCUT2D eigenvalue weighted by atomic mass is 10.0. The van der Waals surface area contributed by atoms with Gasteiger partial charge in [0.2, 0.25) is 0 Å². The van der Waals surface area contributed by atoms with Gasteiger partial charge in [0.15, 0.2) is 0 Å². The van der Waals surface area contributed by atoms with Crippen molar-refractivity contribution in [1.82, 2.24) is 10.6 Å². The average molecular weight is 236 g/mol. The van der Waals surface area contributed by atoms with E-state index in [0.717, 1.165) is 12.8 Å². The molecule has 16 heavy (non-hydrogen) atoms. The largest absolute Gasteiger partial charge is 0.450 e. The predicted molar refractivity (Wildman–Crippen MR) is 55.6 cm³/mol. The molecule has 4 nitrogen and oxygen atoms in total. The van der Waals surface area contributed by atoms with E-state index in [1.54, 1.807) is 0 Å². The van der Waals surface area contributed by atoms with E-state index in [2.05, 4.69) is 10.6 Å². The smallest absolute Gasteiger partial charge is 0.407 e. The van der Waals surface area contributed by atoms with E-state index in [1.807, 2.05) is 6.92 Å². The van der Waals surface area contributed by atoms with Crippen LogP contribution in [0.25, 0.3) is 0 Å². The first-order valence-corrected chi connectivity index (χ1v) is 5.55. The monoisotopic (exact) mass is 236 g/mol. The zero-order valence-corrected chi connectivity index (χ0v) is 9.39. The third-order valence-corrected chi connectivity index (χ3v) is 2.37. The second kappa shape index (κ2) is 5.98. The molecule has 0 bridgehead atoms. The van der Waals surface area contributed by atoms with Crippen molar-refractivity contribution >= 4 is 6.09 Å². The van der Waals surface area contributed by atoms with Crippen LogP contribution in [-0.4, -0.2) is 37.8 Å². The molecule has 0 radical (unpaired) electrons. The lowest BCUT2D eigenvalue weighted by molar-refractivity contribution is -0.0307. The van der Waals surface area contributed by atoms with Crippen LogP contribution in [0.4, 0.5) is 13.6 Å². The number of carbonyl (C=O) groups excluding carboxylic acids is 1. The highest BCUT2D eigenvalue weighted by Crippen LogP contribution is 2.22. The summed E-state index contributed by atoms with van der Waals surface area (Å²) in [6, 6.07) is -0.558. The number of unbranched alkanes of at least 4 members (excludes halogenated alkanes) is 1.